The van der Waals surface area contributed by atoms with Crippen molar-refractivity contribution in [3.63, 3.8) is 0 Å². The summed E-state index contributed by atoms with van der Waals surface area (Å²) in [7, 11) is 0. The monoisotopic (exact) mass is 232 g/mol. The molecular weight excluding hydrogens is 220 g/mol. The van der Waals surface area contributed by atoms with Crippen molar-refractivity contribution in [1.82, 2.24) is 9.55 Å². The largest absolute Gasteiger partial charge is 0.494 e. The lowest BCUT2D eigenvalue weighted by molar-refractivity contribution is 0.423. The molecule has 0 atom stereocenters. The van der Waals surface area contributed by atoms with E-state index in [-0.39, 0.29) is 11.4 Å². The minimum absolute atomic E-state index is 0.202. The van der Waals surface area contributed by atoms with Gasteiger partial charge in [-0.3, -0.25) is 9.78 Å². The number of aromatic nitrogens is 2. The minimum atomic E-state index is -0.643. The van der Waals surface area contributed by atoms with Gasteiger partial charge in [-0.25, -0.2) is 9.36 Å². The molecule has 0 bridgehead atoms. The number of nitrogens with zero attached hydrogens (tertiary/aromatic N) is 1. The van der Waals surface area contributed by atoms with Gasteiger partial charge in [-0.05, 0) is 18.6 Å². The Morgan fingerprint density at radius 1 is 1.24 bits per heavy atom. The maximum atomic E-state index is 11.7. The van der Waals surface area contributed by atoms with E-state index < -0.39 is 11.2 Å². The molecule has 0 fully saturated rings. The summed E-state index contributed by atoms with van der Waals surface area (Å²) in [6, 6.07) is 8.66. The standard InChI is InChI=1S/C12H12N2O3/c1-2-9-10(15)13-12(17)14(11(9)16)8-6-4-3-5-7-8/h3-7,16H,2H2,1H3,(H,13,15,17). The van der Waals surface area contributed by atoms with Crippen LogP contribution < -0.4 is 11.2 Å². The van der Waals surface area contributed by atoms with Crippen molar-refractivity contribution in [1.29, 1.82) is 0 Å². The van der Waals surface area contributed by atoms with Crippen LogP contribution in [0.5, 0.6) is 5.88 Å². The smallest absolute Gasteiger partial charge is 0.335 e. The third-order valence-corrected chi connectivity index (χ3v) is 2.55. The molecular formula is C12H12N2O3. The maximum Gasteiger partial charge on any atom is 0.335 e. The third-order valence-electron chi connectivity index (χ3n) is 2.55. The number of benzene rings is 1. The number of aromatic amines is 1. The van der Waals surface area contributed by atoms with Gasteiger partial charge in [0.15, 0.2) is 0 Å². The first-order chi connectivity index (χ1) is 8.15. The van der Waals surface area contributed by atoms with Crippen LogP contribution in [0.4, 0.5) is 0 Å². The van der Waals surface area contributed by atoms with Gasteiger partial charge in [0.2, 0.25) is 5.88 Å². The summed E-state index contributed by atoms with van der Waals surface area (Å²) in [5, 5.41) is 9.95. The fourth-order valence-corrected chi connectivity index (χ4v) is 1.70. The van der Waals surface area contributed by atoms with Crippen LogP contribution in [0.15, 0.2) is 39.9 Å². The molecule has 0 aliphatic heterocycles. The highest BCUT2D eigenvalue weighted by atomic mass is 16.3. The zero-order valence-electron chi connectivity index (χ0n) is 9.30. The van der Waals surface area contributed by atoms with Crippen LogP contribution in [-0.2, 0) is 6.42 Å². The van der Waals surface area contributed by atoms with E-state index in [2.05, 4.69) is 4.98 Å². The second-order valence-corrected chi connectivity index (χ2v) is 3.59. The van der Waals surface area contributed by atoms with Crippen LogP contribution in [0.2, 0.25) is 0 Å². The maximum absolute atomic E-state index is 11.7. The molecule has 0 aliphatic rings. The molecule has 1 aromatic carbocycles. The van der Waals surface area contributed by atoms with Crippen molar-refractivity contribution in [3.05, 3.63) is 56.7 Å². The van der Waals surface area contributed by atoms with E-state index in [0.717, 1.165) is 4.57 Å². The van der Waals surface area contributed by atoms with Gasteiger partial charge >= 0.3 is 5.69 Å². The summed E-state index contributed by atoms with van der Waals surface area (Å²) >= 11 is 0. The van der Waals surface area contributed by atoms with E-state index in [0.29, 0.717) is 12.1 Å². The highest BCUT2D eigenvalue weighted by Gasteiger charge is 2.13. The van der Waals surface area contributed by atoms with E-state index in [4.69, 9.17) is 0 Å². The fraction of sp³-hybridized carbons (Fsp3) is 0.167. The number of para-hydroxylation sites is 1. The summed E-state index contributed by atoms with van der Waals surface area (Å²) in [5.74, 6) is -0.299. The van der Waals surface area contributed by atoms with E-state index in [1.165, 1.54) is 0 Å². The molecule has 0 radical (unpaired) electrons. The Labute approximate surface area is 97.0 Å². The quantitative estimate of drug-likeness (QED) is 0.804. The second kappa shape index (κ2) is 4.29. The van der Waals surface area contributed by atoms with Crippen molar-refractivity contribution in [3.8, 4) is 11.6 Å². The summed E-state index contributed by atoms with van der Waals surface area (Å²) in [6.45, 7) is 1.74. The van der Waals surface area contributed by atoms with E-state index in [1.54, 1.807) is 37.3 Å². The van der Waals surface area contributed by atoms with Crippen LogP contribution in [-0.4, -0.2) is 14.7 Å². The Bertz CT molecular complexity index is 641. The van der Waals surface area contributed by atoms with Crippen molar-refractivity contribution in [2.24, 2.45) is 0 Å². The molecule has 0 saturated heterocycles. The highest BCUT2D eigenvalue weighted by molar-refractivity contribution is 5.37. The Hall–Kier alpha value is -2.30. The summed E-state index contributed by atoms with van der Waals surface area (Å²) in [5.41, 5.74) is -0.465. The van der Waals surface area contributed by atoms with E-state index in [9.17, 15) is 14.7 Å². The van der Waals surface area contributed by atoms with Gasteiger partial charge in [-0.1, -0.05) is 25.1 Å². The Morgan fingerprint density at radius 2 is 1.88 bits per heavy atom. The average molecular weight is 232 g/mol. The second-order valence-electron chi connectivity index (χ2n) is 3.59. The lowest BCUT2D eigenvalue weighted by Crippen LogP contribution is -2.31. The van der Waals surface area contributed by atoms with E-state index in [1.807, 2.05) is 0 Å². The van der Waals surface area contributed by atoms with Crippen molar-refractivity contribution >= 4 is 0 Å². The first-order valence-electron chi connectivity index (χ1n) is 5.27. The van der Waals surface area contributed by atoms with Crippen molar-refractivity contribution in [2.75, 3.05) is 0 Å². The molecule has 0 amide bonds. The van der Waals surface area contributed by atoms with Gasteiger partial charge in [-0.2, -0.15) is 0 Å². The van der Waals surface area contributed by atoms with Crippen LogP contribution in [0, 0.1) is 0 Å². The van der Waals surface area contributed by atoms with Gasteiger partial charge in [-0.15, -0.1) is 0 Å². The first-order valence-corrected chi connectivity index (χ1v) is 5.27. The lowest BCUT2D eigenvalue weighted by atomic mass is 10.2. The Balaban J connectivity index is 2.80. The summed E-state index contributed by atoms with van der Waals surface area (Å²) in [6.07, 6.45) is 0.355. The topological polar surface area (TPSA) is 75.1 Å². The molecule has 5 nitrogen and oxygen atoms in total. The van der Waals surface area contributed by atoms with Crippen LogP contribution in [0.25, 0.3) is 5.69 Å². The third kappa shape index (κ3) is 1.87. The van der Waals surface area contributed by atoms with Gasteiger partial charge < -0.3 is 5.11 Å². The number of hydrogen-bond acceptors (Lipinski definition) is 3. The van der Waals surface area contributed by atoms with Crippen molar-refractivity contribution < 1.29 is 5.11 Å². The molecule has 88 valence electrons. The first kappa shape index (κ1) is 11.2. The summed E-state index contributed by atoms with van der Waals surface area (Å²) < 4.78 is 1.08. The Morgan fingerprint density at radius 3 is 2.47 bits per heavy atom. The SMILES string of the molecule is CCc1c(O)n(-c2ccccc2)c(=O)[nH]c1=O. The molecule has 5 heteroatoms. The van der Waals surface area contributed by atoms with Crippen molar-refractivity contribution in [2.45, 2.75) is 13.3 Å². The van der Waals surface area contributed by atoms with Crippen LogP contribution >= 0.6 is 0 Å². The molecule has 0 spiro atoms. The van der Waals surface area contributed by atoms with Gasteiger partial charge in [0.25, 0.3) is 5.56 Å². The molecule has 2 rings (SSSR count). The van der Waals surface area contributed by atoms with Gasteiger partial charge in [0.05, 0.1) is 11.3 Å². The predicted molar refractivity (Wildman–Crippen MR) is 63.7 cm³/mol. The highest BCUT2D eigenvalue weighted by Crippen LogP contribution is 2.15. The molecule has 0 unspecified atom stereocenters. The lowest BCUT2D eigenvalue weighted by Gasteiger charge is -2.09. The predicted octanol–water partition coefficient (Wildman–Crippen LogP) is 0.794. The number of aromatic hydroxyl groups is 1. The minimum Gasteiger partial charge on any atom is -0.494 e. The number of H-pyrrole nitrogens is 1. The molecule has 0 aliphatic carbocycles. The zero-order chi connectivity index (χ0) is 12.4. The number of rotatable bonds is 2. The van der Waals surface area contributed by atoms with Gasteiger partial charge in [0, 0.05) is 0 Å². The molecule has 17 heavy (non-hydrogen) atoms. The molecule has 2 N–H and O–H groups in total. The summed E-state index contributed by atoms with van der Waals surface area (Å²) in [4.78, 5) is 25.3. The molecule has 2 aromatic rings. The number of nitrogens with one attached hydrogen (secondary N) is 1. The fourth-order valence-electron chi connectivity index (χ4n) is 1.70. The Kier molecular flexibility index (Phi) is 2.82. The normalized spacial score (nSPS) is 10.4. The molecule has 0 saturated carbocycles. The average Bonchev–Trinajstić information content (AvgIpc) is 2.30. The number of hydrogen-bond donors (Lipinski definition) is 2. The van der Waals surface area contributed by atoms with Gasteiger partial charge in [0.1, 0.15) is 0 Å². The van der Waals surface area contributed by atoms with Crippen LogP contribution in [0.3, 0.4) is 0 Å². The van der Waals surface area contributed by atoms with Crippen LogP contribution in [0.1, 0.15) is 12.5 Å². The molecule has 1 aromatic heterocycles. The van der Waals surface area contributed by atoms with E-state index >= 15 is 0 Å². The molecule has 1 heterocycles. The zero-order valence-corrected chi connectivity index (χ0v) is 9.30.